The highest BCUT2D eigenvalue weighted by Crippen LogP contribution is 1.88. The number of nitrogen functional groups attached to an aromatic ring is 1. The van der Waals surface area contributed by atoms with Gasteiger partial charge in [0.05, 0.1) is 7.05 Å². The summed E-state index contributed by atoms with van der Waals surface area (Å²) in [5.74, 6) is 0.101. The van der Waals surface area contributed by atoms with Gasteiger partial charge in [0.25, 0.3) is 5.88 Å². The van der Waals surface area contributed by atoms with Crippen LogP contribution in [-0.4, -0.2) is 18.4 Å². The molecule has 1 aromatic rings. The second-order valence-corrected chi connectivity index (χ2v) is 1.60. The highest BCUT2D eigenvalue weighted by atomic mass is 16.5. The zero-order chi connectivity index (χ0) is 7.56. The quantitative estimate of drug-likeness (QED) is 0.443. The van der Waals surface area contributed by atoms with Crippen LogP contribution in [0.2, 0.25) is 0 Å². The SMILES string of the molecule is CNC(=O)[n+]1cc(N)on1. The first-order valence-electron chi connectivity index (χ1n) is 2.60. The van der Waals surface area contributed by atoms with E-state index in [9.17, 15) is 4.79 Å². The molecule has 3 N–H and O–H groups in total. The summed E-state index contributed by atoms with van der Waals surface area (Å²) >= 11 is 0. The maximum atomic E-state index is 10.7. The summed E-state index contributed by atoms with van der Waals surface area (Å²) in [7, 11) is 1.49. The second kappa shape index (κ2) is 2.34. The summed E-state index contributed by atoms with van der Waals surface area (Å²) in [4.78, 5) is 10.7. The van der Waals surface area contributed by atoms with E-state index in [0.29, 0.717) is 0 Å². The highest BCUT2D eigenvalue weighted by molar-refractivity contribution is 5.63. The zero-order valence-corrected chi connectivity index (χ0v) is 5.37. The average molecular weight is 143 g/mol. The van der Waals surface area contributed by atoms with Gasteiger partial charge in [-0.1, -0.05) is 0 Å². The van der Waals surface area contributed by atoms with Crippen molar-refractivity contribution in [2.45, 2.75) is 0 Å². The standard InChI is InChI=1S/C4H6N4O2/c1-6-4(9)8-2-3(5)10-7-8/h2H,1H3,(H2-,5,6,7,9)/p+1. The lowest BCUT2D eigenvalue weighted by atomic mass is 10.8. The van der Waals surface area contributed by atoms with Crippen molar-refractivity contribution < 1.29 is 14.0 Å². The Kier molecular flexibility index (Phi) is 1.53. The van der Waals surface area contributed by atoms with Gasteiger partial charge in [0.1, 0.15) is 5.27 Å². The molecule has 0 radical (unpaired) electrons. The normalized spacial score (nSPS) is 9.30. The number of aromatic nitrogens is 2. The molecular weight excluding hydrogens is 136 g/mol. The minimum atomic E-state index is -0.388. The van der Waals surface area contributed by atoms with E-state index in [4.69, 9.17) is 5.73 Å². The molecule has 0 spiro atoms. The van der Waals surface area contributed by atoms with E-state index in [0.717, 1.165) is 4.68 Å². The topological polar surface area (TPSA) is 85.0 Å². The van der Waals surface area contributed by atoms with Gasteiger partial charge in [-0.3, -0.25) is 0 Å². The van der Waals surface area contributed by atoms with Crippen molar-refractivity contribution in [1.29, 1.82) is 0 Å². The lowest BCUT2D eigenvalue weighted by molar-refractivity contribution is -0.647. The molecule has 6 heteroatoms. The number of hydrogen-bond acceptors (Lipinski definition) is 4. The lowest BCUT2D eigenvalue weighted by Crippen LogP contribution is -2.49. The minimum Gasteiger partial charge on any atom is -0.364 e. The Balaban J connectivity index is 2.85. The molecule has 0 fully saturated rings. The van der Waals surface area contributed by atoms with Crippen molar-refractivity contribution in [3.63, 3.8) is 0 Å². The van der Waals surface area contributed by atoms with Crippen molar-refractivity contribution in [3.05, 3.63) is 6.20 Å². The van der Waals surface area contributed by atoms with Crippen LogP contribution < -0.4 is 15.7 Å². The third-order valence-electron chi connectivity index (χ3n) is 0.906. The van der Waals surface area contributed by atoms with E-state index in [1.54, 1.807) is 0 Å². The van der Waals surface area contributed by atoms with Crippen LogP contribution in [0.1, 0.15) is 0 Å². The lowest BCUT2D eigenvalue weighted by Gasteiger charge is -1.80. The van der Waals surface area contributed by atoms with E-state index < -0.39 is 0 Å². The summed E-state index contributed by atoms with van der Waals surface area (Å²) in [6.45, 7) is 0. The summed E-state index contributed by atoms with van der Waals surface area (Å²) in [5.41, 5.74) is 5.14. The van der Waals surface area contributed by atoms with Gasteiger partial charge in [-0.25, -0.2) is 5.32 Å². The number of nitrogens with two attached hydrogens (primary N) is 1. The van der Waals surface area contributed by atoms with Crippen LogP contribution in [0.15, 0.2) is 10.7 Å². The molecular formula is C4H7N4O2+. The van der Waals surface area contributed by atoms with Crippen LogP contribution in [0.4, 0.5) is 10.7 Å². The molecule has 1 aromatic heterocycles. The Morgan fingerprint density at radius 1 is 2.00 bits per heavy atom. The van der Waals surface area contributed by atoms with Crippen LogP contribution in [0.25, 0.3) is 0 Å². The molecule has 0 bridgehead atoms. The second-order valence-electron chi connectivity index (χ2n) is 1.60. The van der Waals surface area contributed by atoms with Crippen molar-refractivity contribution in [2.24, 2.45) is 0 Å². The fourth-order valence-electron chi connectivity index (χ4n) is 0.469. The third-order valence-corrected chi connectivity index (χ3v) is 0.906. The summed E-state index contributed by atoms with van der Waals surface area (Å²) in [6, 6.07) is -0.388. The number of hydrogen-bond donors (Lipinski definition) is 2. The molecule has 1 rings (SSSR count). The van der Waals surface area contributed by atoms with E-state index in [1.165, 1.54) is 13.2 Å². The van der Waals surface area contributed by atoms with Crippen LogP contribution in [-0.2, 0) is 0 Å². The number of anilines is 1. The highest BCUT2D eigenvalue weighted by Gasteiger charge is 2.14. The number of nitrogens with zero attached hydrogens (tertiary/aromatic N) is 2. The van der Waals surface area contributed by atoms with Crippen LogP contribution in [0.5, 0.6) is 0 Å². The number of carbonyl (C=O) groups is 1. The van der Waals surface area contributed by atoms with Gasteiger partial charge in [0, 0.05) is 0 Å². The fourth-order valence-corrected chi connectivity index (χ4v) is 0.469. The Bertz CT molecular complexity index is 243. The monoisotopic (exact) mass is 143 g/mol. The van der Waals surface area contributed by atoms with Crippen molar-refractivity contribution in [2.75, 3.05) is 12.8 Å². The molecule has 54 valence electrons. The van der Waals surface area contributed by atoms with Gasteiger partial charge in [-0.05, 0) is 4.68 Å². The largest absolute Gasteiger partial charge is 0.519 e. The minimum absolute atomic E-state index is 0.101. The van der Waals surface area contributed by atoms with Gasteiger partial charge in [-0.2, -0.15) is 4.79 Å². The maximum Gasteiger partial charge on any atom is 0.519 e. The molecule has 0 atom stereocenters. The molecule has 0 aliphatic heterocycles. The Labute approximate surface area is 56.6 Å². The average Bonchev–Trinajstić information content (AvgIpc) is 2.34. The van der Waals surface area contributed by atoms with Gasteiger partial charge in [0.2, 0.25) is 0 Å². The first kappa shape index (κ1) is 6.53. The maximum absolute atomic E-state index is 10.7. The molecule has 0 saturated heterocycles. The van der Waals surface area contributed by atoms with Gasteiger partial charge < -0.3 is 10.3 Å². The van der Waals surface area contributed by atoms with Gasteiger partial charge >= 0.3 is 6.03 Å². The van der Waals surface area contributed by atoms with Crippen molar-refractivity contribution >= 4 is 11.9 Å². The zero-order valence-electron chi connectivity index (χ0n) is 5.37. The Hall–Kier alpha value is -1.59. The number of rotatable bonds is 0. The van der Waals surface area contributed by atoms with Crippen molar-refractivity contribution in [1.82, 2.24) is 10.6 Å². The molecule has 1 heterocycles. The molecule has 10 heavy (non-hydrogen) atoms. The smallest absolute Gasteiger partial charge is 0.364 e. The van der Waals surface area contributed by atoms with Crippen LogP contribution >= 0.6 is 0 Å². The number of amides is 1. The number of nitrogens with one attached hydrogen (secondary N) is 1. The molecule has 6 nitrogen and oxygen atoms in total. The molecule has 0 aliphatic carbocycles. The summed E-state index contributed by atoms with van der Waals surface area (Å²) in [5, 5.41) is 5.63. The summed E-state index contributed by atoms with van der Waals surface area (Å²) in [6.07, 6.45) is 1.28. The Morgan fingerprint density at radius 3 is 3.10 bits per heavy atom. The molecule has 0 saturated carbocycles. The van der Waals surface area contributed by atoms with Crippen LogP contribution in [0, 0.1) is 0 Å². The molecule has 1 amide bonds. The van der Waals surface area contributed by atoms with E-state index >= 15 is 0 Å². The predicted molar refractivity (Wildman–Crippen MR) is 31.0 cm³/mol. The van der Waals surface area contributed by atoms with Crippen LogP contribution in [0.3, 0.4) is 0 Å². The fraction of sp³-hybridized carbons (Fsp3) is 0.250. The predicted octanol–water partition coefficient (Wildman–Crippen LogP) is -1.27. The van der Waals surface area contributed by atoms with E-state index in [1.807, 2.05) is 0 Å². The Morgan fingerprint density at radius 2 is 2.70 bits per heavy atom. The number of carbonyl (C=O) groups excluding carboxylic acids is 1. The first-order valence-corrected chi connectivity index (χ1v) is 2.60. The van der Waals surface area contributed by atoms with E-state index in [-0.39, 0.29) is 11.9 Å². The molecule has 0 aliphatic rings. The molecule has 0 aromatic carbocycles. The third kappa shape index (κ3) is 1.04. The van der Waals surface area contributed by atoms with Gasteiger partial charge in [-0.15, -0.1) is 0 Å². The first-order chi connectivity index (χ1) is 4.74. The summed E-state index contributed by atoms with van der Waals surface area (Å²) < 4.78 is 5.38. The van der Waals surface area contributed by atoms with Crippen molar-refractivity contribution in [3.8, 4) is 0 Å². The van der Waals surface area contributed by atoms with Gasteiger partial charge in [0.15, 0.2) is 6.20 Å². The molecule has 0 unspecified atom stereocenters. The van der Waals surface area contributed by atoms with E-state index in [2.05, 4.69) is 15.1 Å².